The summed E-state index contributed by atoms with van der Waals surface area (Å²) in [6, 6.07) is 4.52. The number of carbonyl (C=O) groups is 7. The number of rotatable bonds is 11. The number of nitrogens with two attached hydrogens (primary N) is 1. The van der Waals surface area contributed by atoms with Crippen molar-refractivity contribution in [2.75, 3.05) is 27.2 Å². The number of aliphatic hydroxyl groups excluding tert-OH is 1. The van der Waals surface area contributed by atoms with Crippen LogP contribution >= 0.6 is 0 Å². The van der Waals surface area contributed by atoms with Gasteiger partial charge in [0.2, 0.25) is 23.6 Å². The molecule has 6 N–H and O–H groups in total. The summed E-state index contributed by atoms with van der Waals surface area (Å²) >= 11 is 0. The van der Waals surface area contributed by atoms with E-state index in [4.69, 9.17) is 15.2 Å². The van der Waals surface area contributed by atoms with Gasteiger partial charge in [-0.1, -0.05) is 83.5 Å². The van der Waals surface area contributed by atoms with Gasteiger partial charge in [-0.25, -0.2) is 9.59 Å². The number of carbonyl (C=O) groups excluding carboxylic acids is 7. The lowest BCUT2D eigenvalue weighted by molar-refractivity contribution is -0.155. The summed E-state index contributed by atoms with van der Waals surface area (Å²) in [7, 11) is 2.86. The van der Waals surface area contributed by atoms with Gasteiger partial charge in [0.25, 0.3) is 5.91 Å². The normalized spacial score (nSPS) is 27.7. The molecule has 1 aliphatic heterocycles. The van der Waals surface area contributed by atoms with E-state index in [2.05, 4.69) is 16.0 Å². The number of nitrogens with one attached hydrogen (secondary N) is 3. The minimum Gasteiger partial charge on any atom is -0.456 e. The first-order valence-corrected chi connectivity index (χ1v) is 22.2. The Hall–Kier alpha value is -5.09. The molecule has 9 atom stereocenters. The Kier molecular flexibility index (Phi) is 22.7. The fourth-order valence-electron chi connectivity index (χ4n) is 7.17. The third-order valence-corrected chi connectivity index (χ3v) is 11.7. The number of esters is 2. The van der Waals surface area contributed by atoms with Gasteiger partial charge in [-0.2, -0.15) is 0 Å². The predicted molar refractivity (Wildman–Crippen MR) is 240 cm³/mol. The average molecular weight is 883 g/mol. The summed E-state index contributed by atoms with van der Waals surface area (Å²) in [6.45, 7) is 15.4. The molecule has 16 heteroatoms. The molecule has 0 bridgehead atoms. The molecule has 63 heavy (non-hydrogen) atoms. The van der Waals surface area contributed by atoms with Crippen LogP contribution in [-0.2, 0) is 49.5 Å². The second kappa shape index (κ2) is 26.5. The minimum atomic E-state index is -1.27. The van der Waals surface area contributed by atoms with E-state index < -0.39 is 102 Å². The zero-order valence-corrected chi connectivity index (χ0v) is 39.3. The van der Waals surface area contributed by atoms with E-state index in [1.54, 1.807) is 58.0 Å². The van der Waals surface area contributed by atoms with E-state index >= 15 is 0 Å². The van der Waals surface area contributed by atoms with E-state index in [-0.39, 0.29) is 37.2 Å². The summed E-state index contributed by atoms with van der Waals surface area (Å²) in [4.78, 5) is 99.5. The average Bonchev–Trinajstić information content (AvgIpc) is 3.25. The van der Waals surface area contributed by atoms with Gasteiger partial charge in [0.1, 0.15) is 30.3 Å². The highest BCUT2D eigenvalue weighted by molar-refractivity contribution is 5.96. The summed E-state index contributed by atoms with van der Waals surface area (Å²) in [5.74, 6) is -5.86. The third-order valence-electron chi connectivity index (χ3n) is 11.7. The van der Waals surface area contributed by atoms with Crippen molar-refractivity contribution < 1.29 is 48.1 Å². The quantitative estimate of drug-likeness (QED) is 0.123. The lowest BCUT2D eigenvalue weighted by Gasteiger charge is -2.33. The van der Waals surface area contributed by atoms with E-state index in [1.807, 2.05) is 26.8 Å². The molecule has 0 radical (unpaired) electrons. The van der Waals surface area contributed by atoms with Gasteiger partial charge in [0, 0.05) is 32.0 Å². The molecule has 352 valence electrons. The van der Waals surface area contributed by atoms with Crippen molar-refractivity contribution in [3.63, 3.8) is 0 Å². The van der Waals surface area contributed by atoms with Crippen LogP contribution in [0.3, 0.4) is 0 Å². The molecule has 0 fully saturated rings. The van der Waals surface area contributed by atoms with Gasteiger partial charge >= 0.3 is 11.9 Å². The van der Waals surface area contributed by atoms with Crippen LogP contribution in [0.15, 0.2) is 53.6 Å². The molecular weight excluding hydrogens is 809 g/mol. The Morgan fingerprint density at radius 3 is 2.17 bits per heavy atom. The summed E-state index contributed by atoms with van der Waals surface area (Å²) < 4.78 is 11.8. The standard InChI is InChI=1S/C47H74N6O10/c1-12-29(5)40-43(57)50-35(21-17-18-24-48)47(61)63-41(30(6)13-2)32(8)37(54)23-22-31(7)46(60)62-38(25-28(3)4)42(56)49-33(9)44(58)53(11)36(26-34-19-15-14-16-20-34)45(59)52(10)27-39(55)51-40/h13-16,19-20,22,28-29,32-33,35-38,40-41,54H,12,17-18,21,23-27,48H2,1-11H3,(H,49,56)(H,50,57)(H,51,55)/b30-13+,31-22+/t29?,32-,33-,35+,36+,37-,38+,40-,41+/m0/s1. The number of hydrogen-bond acceptors (Lipinski definition) is 11. The van der Waals surface area contributed by atoms with Crippen LogP contribution < -0.4 is 21.7 Å². The SMILES string of the molecule is C/C=C(\C)[C@H]1OC(=O)[C@@H](CCCCN)NC(=O)[C@H](C(C)CC)NC(=O)CN(C)C(=O)[C@@H](Cc2ccccc2)N(C)C(=O)[C@H](C)NC(=O)[C@@H](CC(C)C)OC(=O)/C(C)=C/C[C@H](O)[C@@H]1C. The van der Waals surface area contributed by atoms with Gasteiger partial charge in [-0.3, -0.25) is 24.0 Å². The topological polar surface area (TPSA) is 227 Å². The van der Waals surface area contributed by atoms with Crippen LogP contribution in [0.2, 0.25) is 0 Å². The van der Waals surface area contributed by atoms with Crippen LogP contribution in [0, 0.1) is 17.8 Å². The number of benzene rings is 1. The molecule has 0 saturated carbocycles. The minimum absolute atomic E-state index is 0.0307. The number of unbranched alkanes of at least 4 members (excludes halogenated alkanes) is 1. The van der Waals surface area contributed by atoms with Crippen LogP contribution in [0.1, 0.15) is 106 Å². The van der Waals surface area contributed by atoms with Crippen molar-refractivity contribution in [2.45, 2.75) is 150 Å². The highest BCUT2D eigenvalue weighted by atomic mass is 16.6. The molecule has 5 amide bonds. The fourth-order valence-corrected chi connectivity index (χ4v) is 7.17. The number of nitrogens with zero attached hydrogens (tertiary/aromatic N) is 2. The summed E-state index contributed by atoms with van der Waals surface area (Å²) in [5.41, 5.74) is 7.27. The first-order valence-electron chi connectivity index (χ1n) is 22.2. The number of cyclic esters (lactones) is 2. The Labute approximate surface area is 374 Å². The molecule has 1 unspecified atom stereocenters. The second-order valence-electron chi connectivity index (χ2n) is 17.3. The predicted octanol–water partition coefficient (Wildman–Crippen LogP) is 3.35. The van der Waals surface area contributed by atoms with E-state index in [0.29, 0.717) is 31.4 Å². The van der Waals surface area contributed by atoms with Crippen molar-refractivity contribution in [2.24, 2.45) is 23.5 Å². The zero-order valence-electron chi connectivity index (χ0n) is 39.3. The second-order valence-corrected chi connectivity index (χ2v) is 17.3. The van der Waals surface area contributed by atoms with E-state index in [0.717, 1.165) is 5.56 Å². The molecule has 0 saturated heterocycles. The smallest absolute Gasteiger partial charge is 0.334 e. The monoisotopic (exact) mass is 883 g/mol. The maximum Gasteiger partial charge on any atom is 0.334 e. The number of amides is 5. The van der Waals surface area contributed by atoms with Crippen LogP contribution in [0.25, 0.3) is 0 Å². The molecule has 0 aliphatic carbocycles. The lowest BCUT2D eigenvalue weighted by atomic mass is 9.90. The van der Waals surface area contributed by atoms with Gasteiger partial charge in [-0.15, -0.1) is 0 Å². The Morgan fingerprint density at radius 1 is 0.937 bits per heavy atom. The van der Waals surface area contributed by atoms with Crippen molar-refractivity contribution in [3.8, 4) is 0 Å². The highest BCUT2D eigenvalue weighted by Crippen LogP contribution is 2.24. The summed E-state index contributed by atoms with van der Waals surface area (Å²) in [5, 5.41) is 19.6. The first-order chi connectivity index (χ1) is 29.7. The Bertz CT molecular complexity index is 1770. The molecular formula is C47H74N6O10. The van der Waals surface area contributed by atoms with Crippen LogP contribution in [0.4, 0.5) is 0 Å². The largest absolute Gasteiger partial charge is 0.456 e. The van der Waals surface area contributed by atoms with Crippen LogP contribution in [0.5, 0.6) is 0 Å². The maximum absolute atomic E-state index is 14.2. The molecule has 1 aliphatic rings. The Balaban J connectivity index is 2.69. The van der Waals surface area contributed by atoms with Gasteiger partial charge in [0.05, 0.1) is 12.6 Å². The highest BCUT2D eigenvalue weighted by Gasteiger charge is 2.37. The van der Waals surface area contributed by atoms with Gasteiger partial charge < -0.3 is 46.1 Å². The van der Waals surface area contributed by atoms with E-state index in [9.17, 15) is 38.7 Å². The molecule has 2 rings (SSSR count). The number of ether oxygens (including phenoxy) is 2. The lowest BCUT2D eigenvalue weighted by Crippen LogP contribution is -2.58. The van der Waals surface area contributed by atoms with Crippen molar-refractivity contribution in [1.29, 1.82) is 0 Å². The van der Waals surface area contributed by atoms with Crippen molar-refractivity contribution in [3.05, 3.63) is 59.2 Å². The Morgan fingerprint density at radius 2 is 1.59 bits per heavy atom. The van der Waals surface area contributed by atoms with Crippen LogP contribution in [-0.4, -0.2) is 126 Å². The molecule has 1 aromatic carbocycles. The van der Waals surface area contributed by atoms with Gasteiger partial charge in [-0.05, 0) is 89.3 Å². The molecule has 1 aromatic rings. The number of likely N-dealkylation sites (N-methyl/N-ethyl adjacent to an activating group) is 2. The van der Waals surface area contributed by atoms with Crippen molar-refractivity contribution >= 4 is 41.5 Å². The van der Waals surface area contributed by atoms with Gasteiger partial charge in [0.15, 0.2) is 6.10 Å². The third kappa shape index (κ3) is 16.9. The van der Waals surface area contributed by atoms with Crippen molar-refractivity contribution in [1.82, 2.24) is 25.8 Å². The first kappa shape index (κ1) is 54.0. The number of allylic oxidation sites excluding steroid dienone is 1. The summed E-state index contributed by atoms with van der Waals surface area (Å²) in [6.07, 6.45) is 1.86. The number of aliphatic hydroxyl groups is 1. The molecule has 1 heterocycles. The zero-order chi connectivity index (χ0) is 47.6. The molecule has 16 nitrogen and oxygen atoms in total. The number of hydrogen-bond donors (Lipinski definition) is 5. The fraction of sp³-hybridized carbons (Fsp3) is 0.638. The van der Waals surface area contributed by atoms with E-state index in [1.165, 1.54) is 43.8 Å². The maximum atomic E-state index is 14.2. The molecule has 0 aromatic heterocycles. The molecule has 0 spiro atoms.